The molecule has 27 heavy (non-hydrogen) atoms. The van der Waals surface area contributed by atoms with Crippen molar-refractivity contribution < 1.29 is 13.6 Å². The van der Waals surface area contributed by atoms with Crippen LogP contribution in [0.3, 0.4) is 0 Å². The zero-order valence-electron chi connectivity index (χ0n) is 16.2. The van der Waals surface area contributed by atoms with Crippen LogP contribution >= 0.6 is 0 Å². The van der Waals surface area contributed by atoms with Crippen LogP contribution in [0, 0.1) is 16.7 Å². The van der Waals surface area contributed by atoms with E-state index in [0.29, 0.717) is 18.1 Å². The van der Waals surface area contributed by atoms with Gasteiger partial charge in [0.1, 0.15) is 17.3 Å². The normalized spacial score (nSPS) is 30.2. The topological polar surface area (TPSA) is 43.4 Å². The first-order chi connectivity index (χ1) is 13.0. The molecule has 0 aliphatic heterocycles. The summed E-state index contributed by atoms with van der Waals surface area (Å²) in [4.78, 5) is 12.8. The highest BCUT2D eigenvalue weighted by atomic mass is 16.3. The van der Waals surface area contributed by atoms with E-state index in [1.165, 1.54) is 5.57 Å². The summed E-state index contributed by atoms with van der Waals surface area (Å²) in [7, 11) is 0. The van der Waals surface area contributed by atoms with Crippen molar-refractivity contribution in [3.8, 4) is 0 Å². The van der Waals surface area contributed by atoms with Crippen LogP contribution in [0.4, 0.5) is 0 Å². The Balaban J connectivity index is 1.47. The van der Waals surface area contributed by atoms with E-state index in [1.807, 2.05) is 24.3 Å². The van der Waals surface area contributed by atoms with E-state index in [1.54, 1.807) is 12.5 Å². The van der Waals surface area contributed by atoms with Crippen LogP contribution < -0.4 is 0 Å². The van der Waals surface area contributed by atoms with Gasteiger partial charge in [-0.1, -0.05) is 25.2 Å². The van der Waals surface area contributed by atoms with Gasteiger partial charge in [-0.2, -0.15) is 0 Å². The van der Waals surface area contributed by atoms with E-state index in [2.05, 4.69) is 32.1 Å². The molecule has 3 nitrogen and oxygen atoms in total. The average Bonchev–Trinajstić information content (AvgIpc) is 3.36. The maximum absolute atomic E-state index is 12.8. The number of hydrogen-bond donors (Lipinski definition) is 0. The third kappa shape index (κ3) is 3.47. The number of furan rings is 2. The average molecular weight is 364 g/mol. The smallest absolute Gasteiger partial charge is 0.142 e. The molecule has 0 aromatic carbocycles. The zero-order valence-corrected chi connectivity index (χ0v) is 16.2. The molecule has 0 saturated heterocycles. The lowest BCUT2D eigenvalue weighted by Crippen LogP contribution is -2.40. The second-order valence-electron chi connectivity index (χ2n) is 8.57. The standard InChI is InChI=1S/C24H28O3/c1-23-16-19(7-3-4-8-20-9-5-13-26-20)24(2,17-23)18(15-22(23)25)11-12-21-10-6-14-27-21/h3,5-7,9-10,13-14,16,18H,4,8,11-12,15,17H2,1-2H3/t18-,23?,24?/m1/s1. The van der Waals surface area contributed by atoms with Gasteiger partial charge in [0, 0.05) is 24.7 Å². The van der Waals surface area contributed by atoms with Gasteiger partial charge >= 0.3 is 0 Å². The Bertz CT molecular complexity index is 840. The molecule has 142 valence electrons. The molecule has 2 aliphatic rings. The number of rotatable bonds is 7. The first kappa shape index (κ1) is 18.1. The van der Waals surface area contributed by atoms with Crippen LogP contribution in [0.25, 0.3) is 0 Å². The van der Waals surface area contributed by atoms with E-state index >= 15 is 0 Å². The fourth-order valence-corrected chi connectivity index (χ4v) is 4.99. The molecule has 2 aliphatic carbocycles. The predicted molar refractivity (Wildman–Crippen MR) is 105 cm³/mol. The molecule has 0 amide bonds. The highest BCUT2D eigenvalue weighted by Gasteiger charge is 2.54. The molecule has 2 unspecified atom stereocenters. The van der Waals surface area contributed by atoms with Gasteiger partial charge in [-0.05, 0) is 67.4 Å². The number of hydrogen-bond acceptors (Lipinski definition) is 3. The van der Waals surface area contributed by atoms with Gasteiger partial charge < -0.3 is 8.83 Å². The molecule has 0 N–H and O–H groups in total. The minimum Gasteiger partial charge on any atom is -0.469 e. The van der Waals surface area contributed by atoms with E-state index in [4.69, 9.17) is 8.83 Å². The van der Waals surface area contributed by atoms with Crippen LogP contribution in [-0.2, 0) is 17.6 Å². The predicted octanol–water partition coefficient (Wildman–Crippen LogP) is 5.93. The van der Waals surface area contributed by atoms with Crippen molar-refractivity contribution in [1.82, 2.24) is 0 Å². The van der Waals surface area contributed by atoms with Crippen molar-refractivity contribution in [3.05, 3.63) is 72.1 Å². The van der Waals surface area contributed by atoms with Crippen molar-refractivity contribution in [2.24, 2.45) is 16.7 Å². The maximum Gasteiger partial charge on any atom is 0.142 e. The number of fused-ring (bicyclic) bond motifs is 2. The molecule has 3 heteroatoms. The number of aryl methyl sites for hydroxylation is 2. The van der Waals surface area contributed by atoms with Crippen LogP contribution in [-0.4, -0.2) is 5.78 Å². The molecular formula is C24H28O3. The Labute approximate surface area is 161 Å². The van der Waals surface area contributed by atoms with Crippen LogP contribution in [0.5, 0.6) is 0 Å². The third-order valence-electron chi connectivity index (χ3n) is 6.59. The summed E-state index contributed by atoms with van der Waals surface area (Å²) in [6.45, 7) is 4.46. The molecule has 3 atom stereocenters. The highest BCUT2D eigenvalue weighted by molar-refractivity contribution is 5.89. The highest BCUT2D eigenvalue weighted by Crippen LogP contribution is 2.59. The fourth-order valence-electron chi connectivity index (χ4n) is 4.99. The molecule has 2 aromatic heterocycles. The number of ketones is 1. The molecule has 2 heterocycles. The largest absolute Gasteiger partial charge is 0.469 e. The van der Waals surface area contributed by atoms with Crippen LogP contribution in [0.2, 0.25) is 0 Å². The summed E-state index contributed by atoms with van der Waals surface area (Å²) in [5.74, 6) is 2.79. The van der Waals surface area contributed by atoms with Gasteiger partial charge in [0.2, 0.25) is 0 Å². The van der Waals surface area contributed by atoms with Gasteiger partial charge in [0.25, 0.3) is 0 Å². The van der Waals surface area contributed by atoms with Crippen molar-refractivity contribution >= 4 is 5.78 Å². The van der Waals surface area contributed by atoms with Crippen molar-refractivity contribution in [2.75, 3.05) is 0 Å². The lowest BCUT2D eigenvalue weighted by Gasteiger charge is -2.42. The second kappa shape index (κ2) is 7.03. The fraction of sp³-hybridized carbons (Fsp3) is 0.458. The second-order valence-corrected chi connectivity index (χ2v) is 8.57. The molecule has 0 spiro atoms. The minimum absolute atomic E-state index is 0.0659. The van der Waals surface area contributed by atoms with Crippen LogP contribution in [0.1, 0.15) is 51.1 Å². The maximum atomic E-state index is 12.8. The van der Waals surface area contributed by atoms with Gasteiger partial charge in [0.15, 0.2) is 0 Å². The summed E-state index contributed by atoms with van der Waals surface area (Å²) >= 11 is 0. The number of carbonyl (C=O) groups excluding carboxylic acids is 1. The molecular weight excluding hydrogens is 336 g/mol. The number of Topliss-reactive ketones (excluding diaryl/α,β-unsaturated/α-hetero) is 1. The number of carbonyl (C=O) groups is 1. The Morgan fingerprint density at radius 2 is 1.81 bits per heavy atom. The van der Waals surface area contributed by atoms with E-state index in [-0.39, 0.29) is 10.8 Å². The summed E-state index contributed by atoms with van der Waals surface area (Å²) in [5, 5.41) is 0. The molecule has 2 bridgehead atoms. The van der Waals surface area contributed by atoms with Crippen molar-refractivity contribution in [2.45, 2.75) is 52.4 Å². The van der Waals surface area contributed by atoms with Crippen molar-refractivity contribution in [1.29, 1.82) is 0 Å². The first-order valence-corrected chi connectivity index (χ1v) is 9.98. The Morgan fingerprint density at radius 1 is 1.11 bits per heavy atom. The Morgan fingerprint density at radius 3 is 2.48 bits per heavy atom. The quantitative estimate of drug-likeness (QED) is 0.612. The van der Waals surface area contributed by atoms with Gasteiger partial charge in [-0.15, -0.1) is 0 Å². The summed E-state index contributed by atoms with van der Waals surface area (Å²) in [5.41, 5.74) is 1.10. The molecule has 2 aromatic rings. The van der Waals surface area contributed by atoms with E-state index in [9.17, 15) is 4.79 Å². The Hall–Kier alpha value is -2.29. The molecule has 0 radical (unpaired) electrons. The third-order valence-corrected chi connectivity index (χ3v) is 6.59. The molecule has 1 fully saturated rings. The summed E-state index contributed by atoms with van der Waals surface area (Å²) in [6, 6.07) is 7.90. The van der Waals surface area contributed by atoms with Crippen molar-refractivity contribution in [3.63, 3.8) is 0 Å². The van der Waals surface area contributed by atoms with E-state index in [0.717, 1.165) is 43.6 Å². The number of allylic oxidation sites excluding steroid dienone is 4. The molecule has 1 saturated carbocycles. The van der Waals surface area contributed by atoms with Gasteiger partial charge in [-0.25, -0.2) is 0 Å². The summed E-state index contributed by atoms with van der Waals surface area (Å²) in [6.07, 6.45) is 15.5. The van der Waals surface area contributed by atoms with E-state index < -0.39 is 0 Å². The SMILES string of the molecule is CC12C=C(C=CCCc3ccco3)C(C)(C1)[C@H](CCc1ccco1)CC2=O. The monoisotopic (exact) mass is 364 g/mol. The summed E-state index contributed by atoms with van der Waals surface area (Å²) < 4.78 is 10.9. The molecule has 4 rings (SSSR count). The minimum atomic E-state index is -0.295. The van der Waals surface area contributed by atoms with Gasteiger partial charge in [-0.3, -0.25) is 4.79 Å². The van der Waals surface area contributed by atoms with Gasteiger partial charge in [0.05, 0.1) is 12.5 Å². The first-order valence-electron chi connectivity index (χ1n) is 9.98. The zero-order chi connectivity index (χ0) is 18.9. The van der Waals surface area contributed by atoms with Crippen LogP contribution in [0.15, 0.2) is 69.4 Å². The Kier molecular flexibility index (Phi) is 4.71. The lowest BCUT2D eigenvalue weighted by atomic mass is 9.60. The lowest BCUT2D eigenvalue weighted by molar-refractivity contribution is -0.131.